The van der Waals surface area contributed by atoms with Crippen molar-refractivity contribution in [2.24, 2.45) is 5.73 Å². The van der Waals surface area contributed by atoms with E-state index in [0.717, 1.165) is 26.2 Å². The van der Waals surface area contributed by atoms with Gasteiger partial charge in [0, 0.05) is 16.0 Å². The van der Waals surface area contributed by atoms with E-state index in [-0.39, 0.29) is 0 Å². The Kier molecular flexibility index (Phi) is 3.64. The van der Waals surface area contributed by atoms with Crippen LogP contribution < -0.4 is 5.73 Å². The fourth-order valence-electron chi connectivity index (χ4n) is 1.67. The third-order valence-corrected chi connectivity index (χ3v) is 3.15. The first-order valence-corrected chi connectivity index (χ1v) is 6.12. The maximum atomic E-state index is 5.95. The first-order valence-electron chi connectivity index (χ1n) is 4.95. The van der Waals surface area contributed by atoms with Gasteiger partial charge in [0.05, 0.1) is 0 Å². The molecule has 0 spiro atoms. The molecule has 16 heavy (non-hydrogen) atoms. The molecule has 0 aromatic heterocycles. The smallest absolute Gasteiger partial charge is 0.0409 e. The summed E-state index contributed by atoms with van der Waals surface area (Å²) in [5.74, 6) is 0. The standard InChI is InChI=1S/C13H11BrClN/c14-11-3-1-2-9(6-11)13-5-4-12(15)7-10(13)8-16/h1-7H,8,16H2. The Bertz CT molecular complexity index is 511. The van der Waals surface area contributed by atoms with Crippen molar-refractivity contribution in [2.75, 3.05) is 0 Å². The fourth-order valence-corrected chi connectivity index (χ4v) is 2.26. The average Bonchev–Trinajstić information content (AvgIpc) is 2.28. The summed E-state index contributed by atoms with van der Waals surface area (Å²) in [4.78, 5) is 0. The molecule has 0 aliphatic carbocycles. The van der Waals surface area contributed by atoms with Gasteiger partial charge < -0.3 is 5.73 Å². The van der Waals surface area contributed by atoms with Crippen molar-refractivity contribution in [3.05, 3.63) is 57.5 Å². The van der Waals surface area contributed by atoms with Gasteiger partial charge in [-0.2, -0.15) is 0 Å². The zero-order valence-electron chi connectivity index (χ0n) is 8.58. The third-order valence-electron chi connectivity index (χ3n) is 2.42. The molecule has 2 aromatic carbocycles. The van der Waals surface area contributed by atoms with Crippen molar-refractivity contribution in [2.45, 2.75) is 6.54 Å². The van der Waals surface area contributed by atoms with E-state index >= 15 is 0 Å². The Morgan fingerprint density at radius 3 is 2.62 bits per heavy atom. The van der Waals surface area contributed by atoms with Gasteiger partial charge in [0.25, 0.3) is 0 Å². The number of rotatable bonds is 2. The molecule has 2 N–H and O–H groups in total. The fraction of sp³-hybridized carbons (Fsp3) is 0.0769. The third kappa shape index (κ3) is 2.46. The Morgan fingerprint density at radius 1 is 1.12 bits per heavy atom. The Morgan fingerprint density at radius 2 is 1.94 bits per heavy atom. The molecule has 0 bridgehead atoms. The molecule has 2 aromatic rings. The van der Waals surface area contributed by atoms with Crippen LogP contribution in [0.3, 0.4) is 0 Å². The lowest BCUT2D eigenvalue weighted by molar-refractivity contribution is 1.07. The van der Waals surface area contributed by atoms with Gasteiger partial charge in [-0.15, -0.1) is 0 Å². The number of halogens is 2. The summed E-state index contributed by atoms with van der Waals surface area (Å²) in [7, 11) is 0. The molecule has 0 saturated heterocycles. The van der Waals surface area contributed by atoms with E-state index < -0.39 is 0 Å². The quantitative estimate of drug-likeness (QED) is 0.882. The minimum absolute atomic E-state index is 0.488. The predicted molar refractivity (Wildman–Crippen MR) is 72.5 cm³/mol. The van der Waals surface area contributed by atoms with Crippen LogP contribution in [0.2, 0.25) is 5.02 Å². The van der Waals surface area contributed by atoms with Crippen molar-refractivity contribution in [3.8, 4) is 11.1 Å². The maximum absolute atomic E-state index is 5.95. The monoisotopic (exact) mass is 295 g/mol. The van der Waals surface area contributed by atoms with Gasteiger partial charge >= 0.3 is 0 Å². The summed E-state index contributed by atoms with van der Waals surface area (Å²) in [6.07, 6.45) is 0. The van der Waals surface area contributed by atoms with Crippen LogP contribution in [0.1, 0.15) is 5.56 Å². The van der Waals surface area contributed by atoms with E-state index in [9.17, 15) is 0 Å². The van der Waals surface area contributed by atoms with Crippen molar-refractivity contribution in [1.29, 1.82) is 0 Å². The van der Waals surface area contributed by atoms with Gasteiger partial charge in [0.15, 0.2) is 0 Å². The largest absolute Gasteiger partial charge is 0.326 e. The van der Waals surface area contributed by atoms with Crippen molar-refractivity contribution in [3.63, 3.8) is 0 Å². The SMILES string of the molecule is NCc1cc(Cl)ccc1-c1cccc(Br)c1. The van der Waals surface area contributed by atoms with E-state index in [1.54, 1.807) is 0 Å². The molecular weight excluding hydrogens is 286 g/mol. The van der Waals surface area contributed by atoms with Gasteiger partial charge in [-0.05, 0) is 41.0 Å². The molecule has 1 nitrogen and oxygen atoms in total. The molecule has 0 radical (unpaired) electrons. The van der Waals surface area contributed by atoms with E-state index in [1.807, 2.05) is 30.3 Å². The van der Waals surface area contributed by atoms with Crippen LogP contribution in [0.25, 0.3) is 11.1 Å². The van der Waals surface area contributed by atoms with E-state index in [2.05, 4.69) is 28.1 Å². The van der Waals surface area contributed by atoms with Crippen LogP contribution in [0, 0.1) is 0 Å². The average molecular weight is 297 g/mol. The molecule has 0 atom stereocenters. The van der Waals surface area contributed by atoms with Gasteiger partial charge in [-0.1, -0.05) is 45.7 Å². The Labute approximate surface area is 108 Å². The summed E-state index contributed by atoms with van der Waals surface area (Å²) in [5.41, 5.74) is 9.06. The lowest BCUT2D eigenvalue weighted by Gasteiger charge is -2.08. The molecule has 0 unspecified atom stereocenters. The molecule has 82 valence electrons. The zero-order chi connectivity index (χ0) is 11.5. The number of hydrogen-bond acceptors (Lipinski definition) is 1. The number of nitrogens with two attached hydrogens (primary N) is 1. The minimum atomic E-state index is 0.488. The van der Waals surface area contributed by atoms with Crippen molar-refractivity contribution in [1.82, 2.24) is 0 Å². The Balaban J connectivity index is 2.55. The summed E-state index contributed by atoms with van der Waals surface area (Å²) in [5, 5.41) is 0.721. The summed E-state index contributed by atoms with van der Waals surface area (Å²) in [6.45, 7) is 0.488. The maximum Gasteiger partial charge on any atom is 0.0409 e. The van der Waals surface area contributed by atoms with Gasteiger partial charge in [0.2, 0.25) is 0 Å². The molecule has 0 amide bonds. The summed E-state index contributed by atoms with van der Waals surface area (Å²) >= 11 is 9.41. The number of benzene rings is 2. The number of hydrogen-bond donors (Lipinski definition) is 1. The predicted octanol–water partition coefficient (Wildman–Crippen LogP) is 4.23. The van der Waals surface area contributed by atoms with Crippen LogP contribution >= 0.6 is 27.5 Å². The molecule has 0 aliphatic rings. The molecule has 3 heteroatoms. The van der Waals surface area contributed by atoms with E-state index in [0.29, 0.717) is 6.54 Å². The highest BCUT2D eigenvalue weighted by Crippen LogP contribution is 2.28. The summed E-state index contributed by atoms with van der Waals surface area (Å²) < 4.78 is 1.06. The second-order valence-electron chi connectivity index (χ2n) is 3.52. The lowest BCUT2D eigenvalue weighted by atomic mass is 10.00. The normalized spacial score (nSPS) is 10.4. The van der Waals surface area contributed by atoms with Gasteiger partial charge in [-0.3, -0.25) is 0 Å². The van der Waals surface area contributed by atoms with E-state index in [1.165, 1.54) is 0 Å². The topological polar surface area (TPSA) is 26.0 Å². The molecule has 0 aliphatic heterocycles. The van der Waals surface area contributed by atoms with Crippen LogP contribution in [-0.4, -0.2) is 0 Å². The molecule has 0 fully saturated rings. The van der Waals surface area contributed by atoms with Gasteiger partial charge in [0.1, 0.15) is 0 Å². The Hall–Kier alpha value is -0.830. The van der Waals surface area contributed by atoms with E-state index in [4.69, 9.17) is 17.3 Å². The van der Waals surface area contributed by atoms with Gasteiger partial charge in [-0.25, -0.2) is 0 Å². The highest BCUT2D eigenvalue weighted by Gasteiger charge is 2.04. The highest BCUT2D eigenvalue weighted by molar-refractivity contribution is 9.10. The molecule has 0 saturated carbocycles. The highest BCUT2D eigenvalue weighted by atomic mass is 79.9. The van der Waals surface area contributed by atoms with Crippen LogP contribution in [-0.2, 0) is 6.54 Å². The van der Waals surface area contributed by atoms with Crippen LogP contribution in [0.5, 0.6) is 0 Å². The molecular formula is C13H11BrClN. The first kappa shape index (κ1) is 11.6. The molecule has 2 rings (SSSR count). The second-order valence-corrected chi connectivity index (χ2v) is 4.87. The zero-order valence-corrected chi connectivity index (χ0v) is 10.9. The van der Waals surface area contributed by atoms with Crippen LogP contribution in [0.15, 0.2) is 46.9 Å². The second kappa shape index (κ2) is 5.00. The molecule has 0 heterocycles. The van der Waals surface area contributed by atoms with Crippen LogP contribution in [0.4, 0.5) is 0 Å². The van der Waals surface area contributed by atoms with Crippen molar-refractivity contribution >= 4 is 27.5 Å². The summed E-state index contributed by atoms with van der Waals surface area (Å²) in [6, 6.07) is 14.0. The lowest BCUT2D eigenvalue weighted by Crippen LogP contribution is -1.98. The first-order chi connectivity index (χ1) is 7.70. The van der Waals surface area contributed by atoms with Crippen molar-refractivity contribution < 1.29 is 0 Å². The minimum Gasteiger partial charge on any atom is -0.326 e.